The Morgan fingerprint density at radius 3 is 2.13 bits per heavy atom. The Hall–Kier alpha value is -3.92. The maximum Gasteiger partial charge on any atom is 0.243 e. The molecule has 0 unspecified atom stereocenters. The molecule has 0 spiro atoms. The number of aryl methyl sites for hydroxylation is 4. The molecule has 47 heavy (non-hydrogen) atoms. The summed E-state index contributed by atoms with van der Waals surface area (Å²) in [7, 11) is -3.91. The zero-order valence-electron chi connectivity index (χ0n) is 28.0. The third kappa shape index (κ3) is 9.79. The Morgan fingerprint density at radius 1 is 0.872 bits per heavy atom. The van der Waals surface area contributed by atoms with E-state index in [2.05, 4.69) is 4.98 Å². The molecule has 0 saturated heterocycles. The number of hydrogen-bond acceptors (Lipinski definition) is 7. The quantitative estimate of drug-likeness (QED) is 0.124. The molecular formula is C38H46N2O6S. The monoisotopic (exact) mass is 658 g/mol. The average Bonchev–Trinajstić information content (AvgIpc) is 3.39. The zero-order valence-corrected chi connectivity index (χ0v) is 28.8. The number of sulfonamides is 1. The number of aliphatic hydroxyl groups excluding tert-OH is 1. The van der Waals surface area contributed by atoms with E-state index in [1.807, 2.05) is 70.2 Å². The second-order valence-corrected chi connectivity index (χ2v) is 14.5. The van der Waals surface area contributed by atoms with Gasteiger partial charge < -0.3 is 9.52 Å². The standard InChI is InChI=1S/C38H46N2O6S/c1-6-29-15-17-34(18-16-29)47(44,45)40(24-26(2)3)25-37(43)33(21-30-11-8-7-9-12-30)23-36(42)32-14-10-13-31(22-32)35(41)19-20-38-27(4)39-28(5)46-38/h7-18,22,26,33,37,43H,6,19-21,23-25H2,1-5H3/t33-,37-/m1/s1. The minimum Gasteiger partial charge on any atom is -0.446 e. The molecule has 1 heterocycles. The Bertz CT molecular complexity index is 1750. The van der Waals surface area contributed by atoms with E-state index >= 15 is 0 Å². The van der Waals surface area contributed by atoms with Gasteiger partial charge in [-0.15, -0.1) is 0 Å². The molecule has 4 rings (SSSR count). The Morgan fingerprint density at radius 2 is 1.53 bits per heavy atom. The van der Waals surface area contributed by atoms with E-state index in [0.29, 0.717) is 35.6 Å². The largest absolute Gasteiger partial charge is 0.446 e. The van der Waals surface area contributed by atoms with Gasteiger partial charge in [0.25, 0.3) is 0 Å². The van der Waals surface area contributed by atoms with Crippen molar-refractivity contribution in [3.8, 4) is 0 Å². The zero-order chi connectivity index (χ0) is 34.1. The lowest BCUT2D eigenvalue weighted by molar-refractivity contribution is 0.0689. The van der Waals surface area contributed by atoms with Crippen LogP contribution in [0.15, 0.2) is 88.2 Å². The first-order valence-electron chi connectivity index (χ1n) is 16.3. The van der Waals surface area contributed by atoms with Gasteiger partial charge in [0.2, 0.25) is 10.0 Å². The smallest absolute Gasteiger partial charge is 0.243 e. The number of carbonyl (C=O) groups is 2. The summed E-state index contributed by atoms with van der Waals surface area (Å²) in [6, 6.07) is 23.0. The predicted molar refractivity (Wildman–Crippen MR) is 183 cm³/mol. The van der Waals surface area contributed by atoms with Gasteiger partial charge in [0, 0.05) is 50.4 Å². The van der Waals surface area contributed by atoms with Crippen LogP contribution in [-0.2, 0) is 29.3 Å². The van der Waals surface area contributed by atoms with E-state index in [9.17, 15) is 23.1 Å². The lowest BCUT2D eigenvalue weighted by atomic mass is 9.87. The molecule has 3 aromatic carbocycles. The van der Waals surface area contributed by atoms with Crippen molar-refractivity contribution in [3.63, 3.8) is 0 Å². The van der Waals surface area contributed by atoms with Crippen LogP contribution in [0.25, 0.3) is 0 Å². The fourth-order valence-corrected chi connectivity index (χ4v) is 7.36. The van der Waals surface area contributed by atoms with Crippen molar-refractivity contribution in [3.05, 3.63) is 118 Å². The Labute approximate surface area is 278 Å². The normalized spacial score (nSPS) is 13.2. The van der Waals surface area contributed by atoms with E-state index in [-0.39, 0.29) is 48.3 Å². The van der Waals surface area contributed by atoms with Crippen LogP contribution >= 0.6 is 0 Å². The summed E-state index contributed by atoms with van der Waals surface area (Å²) in [5.41, 5.74) is 3.52. The van der Waals surface area contributed by atoms with Crippen molar-refractivity contribution >= 4 is 21.6 Å². The molecule has 1 aromatic heterocycles. The maximum atomic E-state index is 13.8. The summed E-state index contributed by atoms with van der Waals surface area (Å²) >= 11 is 0. The molecule has 0 fully saturated rings. The number of hydrogen-bond donors (Lipinski definition) is 1. The number of nitrogens with zero attached hydrogens (tertiary/aromatic N) is 2. The first-order valence-corrected chi connectivity index (χ1v) is 17.7. The molecule has 0 radical (unpaired) electrons. The van der Waals surface area contributed by atoms with E-state index in [1.165, 1.54) is 4.31 Å². The summed E-state index contributed by atoms with van der Waals surface area (Å²) in [5.74, 6) is 0.325. The molecule has 8 nitrogen and oxygen atoms in total. The first kappa shape index (κ1) is 35.9. The van der Waals surface area contributed by atoms with Gasteiger partial charge in [-0.2, -0.15) is 4.31 Å². The molecule has 9 heteroatoms. The van der Waals surface area contributed by atoms with E-state index in [1.54, 1.807) is 43.3 Å². The second kappa shape index (κ2) is 16.3. The number of oxazole rings is 1. The van der Waals surface area contributed by atoms with Crippen molar-refractivity contribution in [2.75, 3.05) is 13.1 Å². The molecule has 0 aliphatic rings. The van der Waals surface area contributed by atoms with Crippen LogP contribution in [-0.4, -0.2) is 53.6 Å². The Kier molecular flexibility index (Phi) is 12.4. The van der Waals surface area contributed by atoms with Crippen LogP contribution in [0.4, 0.5) is 0 Å². The van der Waals surface area contributed by atoms with Crippen LogP contribution < -0.4 is 0 Å². The van der Waals surface area contributed by atoms with Crippen molar-refractivity contribution in [2.45, 2.75) is 77.7 Å². The molecule has 0 bridgehead atoms. The highest BCUT2D eigenvalue weighted by Crippen LogP contribution is 2.25. The van der Waals surface area contributed by atoms with Gasteiger partial charge in [-0.1, -0.05) is 81.4 Å². The summed E-state index contributed by atoms with van der Waals surface area (Å²) in [6.45, 7) is 9.55. The van der Waals surface area contributed by atoms with E-state index < -0.39 is 22.0 Å². The van der Waals surface area contributed by atoms with Crippen LogP contribution in [0.3, 0.4) is 0 Å². The Balaban J connectivity index is 1.54. The number of aromatic nitrogens is 1. The summed E-state index contributed by atoms with van der Waals surface area (Å²) in [4.78, 5) is 31.2. The molecule has 250 valence electrons. The lowest BCUT2D eigenvalue weighted by Gasteiger charge is -2.30. The molecular weight excluding hydrogens is 612 g/mol. The van der Waals surface area contributed by atoms with Crippen molar-refractivity contribution < 1.29 is 27.5 Å². The number of rotatable bonds is 17. The molecule has 0 saturated carbocycles. The highest BCUT2D eigenvalue weighted by molar-refractivity contribution is 7.89. The number of benzene rings is 3. The van der Waals surface area contributed by atoms with Crippen LogP contribution in [0.1, 0.15) is 82.8 Å². The SMILES string of the molecule is CCc1ccc(S(=O)(=O)N(CC(C)C)C[C@@H](O)[C@@H](CC(=O)c2cccc(C(=O)CCc3oc(C)nc3C)c2)Cc2ccccc2)cc1. The van der Waals surface area contributed by atoms with Gasteiger partial charge in [-0.25, -0.2) is 13.4 Å². The topological polar surface area (TPSA) is 118 Å². The molecule has 1 N–H and O–H groups in total. The number of aliphatic hydroxyl groups is 1. The maximum absolute atomic E-state index is 13.8. The fourth-order valence-electron chi connectivity index (χ4n) is 5.74. The van der Waals surface area contributed by atoms with Crippen molar-refractivity contribution in [1.82, 2.24) is 9.29 Å². The van der Waals surface area contributed by atoms with E-state index in [0.717, 1.165) is 23.2 Å². The highest BCUT2D eigenvalue weighted by Gasteiger charge is 2.32. The highest BCUT2D eigenvalue weighted by atomic mass is 32.2. The predicted octanol–water partition coefficient (Wildman–Crippen LogP) is 6.81. The van der Waals surface area contributed by atoms with Crippen molar-refractivity contribution in [1.29, 1.82) is 0 Å². The molecule has 0 aliphatic heterocycles. The minimum absolute atomic E-state index is 0.0124. The van der Waals surface area contributed by atoms with Gasteiger partial charge in [0.1, 0.15) is 5.76 Å². The molecule has 4 aromatic rings. The lowest BCUT2D eigenvalue weighted by Crippen LogP contribution is -2.43. The van der Waals surface area contributed by atoms with Gasteiger partial charge in [0.15, 0.2) is 17.5 Å². The molecule has 0 aliphatic carbocycles. The molecule has 2 atom stereocenters. The van der Waals surface area contributed by atoms with Gasteiger partial charge in [-0.05, 0) is 60.9 Å². The minimum atomic E-state index is -3.91. The van der Waals surface area contributed by atoms with E-state index in [4.69, 9.17) is 4.42 Å². The van der Waals surface area contributed by atoms with Crippen LogP contribution in [0.5, 0.6) is 0 Å². The summed E-state index contributed by atoms with van der Waals surface area (Å²) < 4.78 is 34.5. The van der Waals surface area contributed by atoms with Crippen LogP contribution in [0, 0.1) is 25.7 Å². The average molecular weight is 659 g/mol. The number of Topliss-reactive ketones (excluding diaryl/α,β-unsaturated/α-hetero) is 2. The van der Waals surface area contributed by atoms with Crippen LogP contribution in [0.2, 0.25) is 0 Å². The third-order valence-corrected chi connectivity index (χ3v) is 10.2. The summed E-state index contributed by atoms with van der Waals surface area (Å²) in [6.07, 6.45) is 0.648. The number of carbonyl (C=O) groups excluding carboxylic acids is 2. The molecule has 0 amide bonds. The van der Waals surface area contributed by atoms with Gasteiger partial charge in [-0.3, -0.25) is 9.59 Å². The summed E-state index contributed by atoms with van der Waals surface area (Å²) in [5, 5.41) is 11.7. The fraction of sp³-hybridized carbons (Fsp3) is 0.395. The van der Waals surface area contributed by atoms with Gasteiger partial charge in [0.05, 0.1) is 16.7 Å². The van der Waals surface area contributed by atoms with Gasteiger partial charge >= 0.3 is 0 Å². The first-order chi connectivity index (χ1) is 22.4. The van der Waals surface area contributed by atoms with Crippen molar-refractivity contribution in [2.24, 2.45) is 11.8 Å². The third-order valence-electron chi connectivity index (χ3n) is 8.35. The number of ketones is 2. The second-order valence-electron chi connectivity index (χ2n) is 12.6.